The second-order valence-electron chi connectivity index (χ2n) is 5.45. The third-order valence-electron chi connectivity index (χ3n) is 3.36. The summed E-state index contributed by atoms with van der Waals surface area (Å²) in [5.41, 5.74) is 18.9. The van der Waals surface area contributed by atoms with Crippen molar-refractivity contribution in [3.05, 3.63) is 10.4 Å². The maximum absolute atomic E-state index is 12.3. The van der Waals surface area contributed by atoms with Crippen LogP contribution in [0.4, 0.5) is 0 Å². The first kappa shape index (κ1) is 21.7. The molecule has 0 spiro atoms. The molecule has 0 saturated carbocycles. The molecule has 0 aromatic carbocycles. The first-order chi connectivity index (χ1) is 11.4. The number of rotatable bonds is 13. The number of amides is 3. The van der Waals surface area contributed by atoms with Crippen LogP contribution in [-0.4, -0.2) is 42.9 Å². The average Bonchev–Trinajstić information content (AvgIpc) is 2.52. The maximum atomic E-state index is 12.3. The number of hydrogen-bond donors (Lipinski definition) is 4. The molecular formula is C14H27N7O3. The summed E-state index contributed by atoms with van der Waals surface area (Å²) < 4.78 is 0. The molecule has 0 rings (SSSR count). The van der Waals surface area contributed by atoms with E-state index in [-0.39, 0.29) is 5.91 Å². The number of nitrogens with one attached hydrogen (secondary N) is 2. The van der Waals surface area contributed by atoms with Gasteiger partial charge in [-0.05, 0) is 44.2 Å². The van der Waals surface area contributed by atoms with Gasteiger partial charge in [-0.2, -0.15) is 0 Å². The summed E-state index contributed by atoms with van der Waals surface area (Å²) in [6.07, 6.45) is 3.37. The standard InChI is InChI=1S/C14H27N7O3/c1-10(22)19-12(7-2-4-8-15)14(24)20-11(13(16)23)6-3-5-9-18-21-17/h11-12H,2-9,15H2,1H3,(H2,16,23)(H,19,22)(H,20,24)/t11-,12-/m0/s1. The normalized spacial score (nSPS) is 12.6. The van der Waals surface area contributed by atoms with Crippen molar-refractivity contribution in [1.29, 1.82) is 0 Å². The van der Waals surface area contributed by atoms with Gasteiger partial charge in [-0.25, -0.2) is 0 Å². The van der Waals surface area contributed by atoms with E-state index in [2.05, 4.69) is 20.7 Å². The van der Waals surface area contributed by atoms with Crippen LogP contribution in [0.2, 0.25) is 0 Å². The minimum atomic E-state index is -0.825. The average molecular weight is 341 g/mol. The molecule has 0 aliphatic carbocycles. The van der Waals surface area contributed by atoms with Crippen molar-refractivity contribution < 1.29 is 14.4 Å². The number of nitrogens with two attached hydrogens (primary N) is 2. The molecule has 0 aliphatic rings. The van der Waals surface area contributed by atoms with Crippen LogP contribution in [0, 0.1) is 0 Å². The van der Waals surface area contributed by atoms with Crippen LogP contribution >= 0.6 is 0 Å². The Labute approximate surface area is 141 Å². The van der Waals surface area contributed by atoms with Crippen molar-refractivity contribution >= 4 is 17.7 Å². The second-order valence-corrected chi connectivity index (χ2v) is 5.45. The van der Waals surface area contributed by atoms with Gasteiger partial charge in [-0.1, -0.05) is 11.5 Å². The Morgan fingerprint density at radius 3 is 2.25 bits per heavy atom. The van der Waals surface area contributed by atoms with Crippen LogP contribution < -0.4 is 22.1 Å². The van der Waals surface area contributed by atoms with Gasteiger partial charge in [0.2, 0.25) is 17.7 Å². The molecule has 0 aromatic heterocycles. The number of carbonyl (C=O) groups excluding carboxylic acids is 3. The summed E-state index contributed by atoms with van der Waals surface area (Å²) in [6.45, 7) is 2.15. The van der Waals surface area contributed by atoms with Gasteiger partial charge in [0.25, 0.3) is 0 Å². The highest BCUT2D eigenvalue weighted by Crippen LogP contribution is 2.05. The third kappa shape index (κ3) is 10.4. The van der Waals surface area contributed by atoms with Gasteiger partial charge < -0.3 is 22.1 Å². The molecule has 6 N–H and O–H groups in total. The van der Waals surface area contributed by atoms with E-state index < -0.39 is 23.9 Å². The van der Waals surface area contributed by atoms with E-state index in [1.807, 2.05) is 0 Å². The monoisotopic (exact) mass is 341 g/mol. The van der Waals surface area contributed by atoms with Crippen LogP contribution in [0.25, 0.3) is 10.4 Å². The van der Waals surface area contributed by atoms with Gasteiger partial charge in [0.1, 0.15) is 12.1 Å². The van der Waals surface area contributed by atoms with E-state index in [4.69, 9.17) is 17.0 Å². The van der Waals surface area contributed by atoms with E-state index in [9.17, 15) is 14.4 Å². The molecule has 136 valence electrons. The number of azide groups is 1. The quantitative estimate of drug-likeness (QED) is 0.160. The summed E-state index contributed by atoms with van der Waals surface area (Å²) in [5.74, 6) is -1.41. The third-order valence-corrected chi connectivity index (χ3v) is 3.36. The minimum Gasteiger partial charge on any atom is -0.368 e. The molecule has 0 unspecified atom stereocenters. The zero-order valence-electron chi connectivity index (χ0n) is 14.0. The Kier molecular flexibility index (Phi) is 11.9. The maximum Gasteiger partial charge on any atom is 0.243 e. The predicted molar refractivity (Wildman–Crippen MR) is 89.5 cm³/mol. The fourth-order valence-electron chi connectivity index (χ4n) is 2.14. The van der Waals surface area contributed by atoms with Crippen molar-refractivity contribution in [2.75, 3.05) is 13.1 Å². The highest BCUT2D eigenvalue weighted by molar-refractivity contribution is 5.91. The van der Waals surface area contributed by atoms with Crippen molar-refractivity contribution in [3.63, 3.8) is 0 Å². The molecule has 0 fully saturated rings. The van der Waals surface area contributed by atoms with Crippen molar-refractivity contribution in [1.82, 2.24) is 10.6 Å². The number of primary amides is 1. The van der Waals surface area contributed by atoms with E-state index in [0.29, 0.717) is 45.2 Å². The summed E-state index contributed by atoms with van der Waals surface area (Å²) in [7, 11) is 0. The number of carbonyl (C=O) groups is 3. The van der Waals surface area contributed by atoms with Crippen LogP contribution in [0.3, 0.4) is 0 Å². The van der Waals surface area contributed by atoms with Crippen molar-refractivity contribution in [2.24, 2.45) is 16.6 Å². The molecule has 10 heteroatoms. The molecule has 3 amide bonds. The molecule has 0 aliphatic heterocycles. The summed E-state index contributed by atoms with van der Waals surface area (Å²) in [6, 6.07) is -1.55. The molecule has 0 heterocycles. The first-order valence-electron chi connectivity index (χ1n) is 8.00. The SMILES string of the molecule is CC(=O)N[C@@H](CCCCN)C(=O)N[C@@H](CCCCN=[N+]=[N-])C(N)=O. The molecule has 0 radical (unpaired) electrons. The van der Waals surface area contributed by atoms with Gasteiger partial charge in [0, 0.05) is 18.4 Å². The van der Waals surface area contributed by atoms with E-state index in [1.54, 1.807) is 0 Å². The molecule has 10 nitrogen and oxygen atoms in total. The Morgan fingerprint density at radius 2 is 1.71 bits per heavy atom. The van der Waals surface area contributed by atoms with Crippen LogP contribution in [-0.2, 0) is 14.4 Å². The smallest absolute Gasteiger partial charge is 0.243 e. The molecule has 0 bridgehead atoms. The topological polar surface area (TPSA) is 176 Å². The van der Waals surface area contributed by atoms with E-state index in [1.165, 1.54) is 6.92 Å². The number of hydrogen-bond acceptors (Lipinski definition) is 5. The fraction of sp³-hybridized carbons (Fsp3) is 0.786. The summed E-state index contributed by atoms with van der Waals surface area (Å²) in [5, 5.41) is 8.54. The number of nitrogens with zero attached hydrogens (tertiary/aromatic N) is 3. The molecule has 2 atom stereocenters. The fourth-order valence-corrected chi connectivity index (χ4v) is 2.14. The second kappa shape index (κ2) is 13.1. The predicted octanol–water partition coefficient (Wildman–Crippen LogP) is 0.0708. The number of unbranched alkanes of at least 4 members (excludes halogenated alkanes) is 2. The van der Waals surface area contributed by atoms with Crippen LogP contribution in [0.5, 0.6) is 0 Å². The lowest BCUT2D eigenvalue weighted by atomic mass is 10.1. The van der Waals surface area contributed by atoms with Crippen LogP contribution in [0.15, 0.2) is 5.11 Å². The lowest BCUT2D eigenvalue weighted by Crippen LogP contribution is -2.52. The van der Waals surface area contributed by atoms with Gasteiger partial charge in [0.15, 0.2) is 0 Å². The Balaban J connectivity index is 4.57. The zero-order chi connectivity index (χ0) is 18.4. The van der Waals surface area contributed by atoms with Gasteiger partial charge in [-0.3, -0.25) is 14.4 Å². The Bertz CT molecular complexity index is 463. The zero-order valence-corrected chi connectivity index (χ0v) is 14.0. The molecule has 24 heavy (non-hydrogen) atoms. The molecule has 0 aromatic rings. The highest BCUT2D eigenvalue weighted by Gasteiger charge is 2.24. The van der Waals surface area contributed by atoms with Crippen LogP contribution in [0.1, 0.15) is 45.4 Å². The Hall–Kier alpha value is -2.32. The lowest BCUT2D eigenvalue weighted by Gasteiger charge is -2.21. The molecular weight excluding hydrogens is 314 g/mol. The van der Waals surface area contributed by atoms with E-state index >= 15 is 0 Å². The van der Waals surface area contributed by atoms with Gasteiger partial charge in [-0.15, -0.1) is 0 Å². The molecule has 0 saturated heterocycles. The minimum absolute atomic E-state index is 0.323. The Morgan fingerprint density at radius 1 is 1.08 bits per heavy atom. The summed E-state index contributed by atoms with van der Waals surface area (Å²) >= 11 is 0. The lowest BCUT2D eigenvalue weighted by molar-refractivity contribution is -0.131. The first-order valence-corrected chi connectivity index (χ1v) is 8.00. The van der Waals surface area contributed by atoms with Crippen molar-refractivity contribution in [2.45, 2.75) is 57.5 Å². The summed E-state index contributed by atoms with van der Waals surface area (Å²) in [4.78, 5) is 37.6. The van der Waals surface area contributed by atoms with Gasteiger partial charge in [0.05, 0.1) is 0 Å². The van der Waals surface area contributed by atoms with Gasteiger partial charge >= 0.3 is 0 Å². The largest absolute Gasteiger partial charge is 0.368 e. The highest BCUT2D eigenvalue weighted by atomic mass is 16.2. The van der Waals surface area contributed by atoms with E-state index in [0.717, 1.165) is 6.42 Å². The van der Waals surface area contributed by atoms with Crippen molar-refractivity contribution in [3.8, 4) is 0 Å².